The topological polar surface area (TPSA) is 70.6 Å². The van der Waals surface area contributed by atoms with Crippen molar-refractivity contribution in [2.24, 2.45) is 0 Å². The minimum absolute atomic E-state index is 0.0117. The molecule has 2 aromatic carbocycles. The van der Waals surface area contributed by atoms with E-state index in [1.165, 1.54) is 18.2 Å². The van der Waals surface area contributed by atoms with Crippen LogP contribution >= 0.6 is 0 Å². The van der Waals surface area contributed by atoms with Crippen LogP contribution in [0.4, 0.5) is 9.18 Å². The minimum atomic E-state index is -0.951. The summed E-state index contributed by atoms with van der Waals surface area (Å²) in [6.07, 6.45) is -0.267. The first kappa shape index (κ1) is 17.7. The molecule has 128 valence electrons. The first-order valence-corrected chi connectivity index (χ1v) is 7.66. The number of benzene rings is 2. The number of rotatable bonds is 7. The smallest absolute Gasteiger partial charge is 0.314 e. The molecule has 0 aliphatic carbocycles. The minimum Gasteiger partial charge on any atom is -0.497 e. The zero-order valence-corrected chi connectivity index (χ0v) is 13.5. The van der Waals surface area contributed by atoms with Crippen LogP contribution in [0.25, 0.3) is 0 Å². The molecule has 2 amide bonds. The molecule has 0 heterocycles. The van der Waals surface area contributed by atoms with E-state index in [1.54, 1.807) is 13.2 Å². The van der Waals surface area contributed by atoms with Gasteiger partial charge in [-0.3, -0.25) is 0 Å². The number of urea groups is 1. The monoisotopic (exact) mass is 332 g/mol. The van der Waals surface area contributed by atoms with Crippen LogP contribution in [0.2, 0.25) is 0 Å². The Hall–Kier alpha value is -2.60. The molecule has 24 heavy (non-hydrogen) atoms. The molecule has 0 bridgehead atoms. The highest BCUT2D eigenvalue weighted by atomic mass is 19.1. The Morgan fingerprint density at radius 1 is 1.21 bits per heavy atom. The maximum absolute atomic E-state index is 13.1. The third-order valence-corrected chi connectivity index (χ3v) is 3.55. The van der Waals surface area contributed by atoms with Crippen molar-refractivity contribution in [3.05, 3.63) is 65.5 Å². The van der Waals surface area contributed by atoms with Crippen LogP contribution in [0.3, 0.4) is 0 Å². The van der Waals surface area contributed by atoms with Crippen molar-refractivity contribution in [2.45, 2.75) is 12.5 Å². The van der Waals surface area contributed by atoms with Gasteiger partial charge in [0.2, 0.25) is 0 Å². The summed E-state index contributed by atoms with van der Waals surface area (Å²) in [5, 5.41) is 15.2. The number of hydrogen-bond donors (Lipinski definition) is 3. The Balaban J connectivity index is 1.69. The number of hydrogen-bond acceptors (Lipinski definition) is 3. The van der Waals surface area contributed by atoms with E-state index in [9.17, 15) is 14.3 Å². The fraction of sp³-hybridized carbons (Fsp3) is 0.278. The molecule has 0 spiro atoms. The number of carbonyl (C=O) groups excluding carboxylic acids is 1. The van der Waals surface area contributed by atoms with Crippen molar-refractivity contribution in [3.63, 3.8) is 0 Å². The summed E-state index contributed by atoms with van der Waals surface area (Å²) in [5.41, 5.74) is 1.50. The molecule has 2 rings (SSSR count). The highest BCUT2D eigenvalue weighted by Crippen LogP contribution is 2.13. The van der Waals surface area contributed by atoms with Gasteiger partial charge in [-0.05, 0) is 41.8 Å². The van der Waals surface area contributed by atoms with E-state index in [0.29, 0.717) is 18.5 Å². The highest BCUT2D eigenvalue weighted by Gasteiger charge is 2.09. The number of amides is 2. The Morgan fingerprint density at radius 2 is 1.96 bits per heavy atom. The molecule has 6 heteroatoms. The van der Waals surface area contributed by atoms with Gasteiger partial charge in [-0.2, -0.15) is 0 Å². The molecule has 0 saturated heterocycles. The van der Waals surface area contributed by atoms with Crippen molar-refractivity contribution in [1.29, 1.82) is 0 Å². The van der Waals surface area contributed by atoms with Crippen molar-refractivity contribution in [1.82, 2.24) is 10.6 Å². The Morgan fingerprint density at radius 3 is 2.62 bits per heavy atom. The van der Waals surface area contributed by atoms with Crippen LogP contribution in [0.15, 0.2) is 48.5 Å². The summed E-state index contributed by atoms with van der Waals surface area (Å²) in [5.74, 6) is 0.367. The number of methoxy groups -OCH3 is 1. The van der Waals surface area contributed by atoms with Gasteiger partial charge < -0.3 is 20.5 Å². The van der Waals surface area contributed by atoms with E-state index in [2.05, 4.69) is 10.6 Å². The van der Waals surface area contributed by atoms with Gasteiger partial charge in [0.05, 0.1) is 13.2 Å². The third-order valence-electron chi connectivity index (χ3n) is 3.55. The molecular weight excluding hydrogens is 311 g/mol. The second kappa shape index (κ2) is 8.88. The molecule has 5 nitrogen and oxygen atoms in total. The lowest BCUT2D eigenvalue weighted by molar-refractivity contribution is 0.173. The average molecular weight is 332 g/mol. The second-order valence-corrected chi connectivity index (χ2v) is 5.31. The average Bonchev–Trinajstić information content (AvgIpc) is 2.60. The first-order chi connectivity index (χ1) is 11.6. The van der Waals surface area contributed by atoms with Crippen LogP contribution in [0.1, 0.15) is 17.2 Å². The van der Waals surface area contributed by atoms with Crippen molar-refractivity contribution in [3.8, 4) is 5.75 Å². The van der Waals surface area contributed by atoms with Gasteiger partial charge in [-0.1, -0.05) is 24.3 Å². The Labute approximate surface area is 140 Å². The van der Waals surface area contributed by atoms with Crippen molar-refractivity contribution in [2.75, 3.05) is 20.2 Å². The van der Waals surface area contributed by atoms with E-state index in [1.807, 2.05) is 24.3 Å². The predicted octanol–water partition coefficient (Wildman–Crippen LogP) is 2.41. The van der Waals surface area contributed by atoms with Gasteiger partial charge in [-0.25, -0.2) is 9.18 Å². The number of halogens is 1. The lowest BCUT2D eigenvalue weighted by atomic mass is 10.1. The fourth-order valence-corrected chi connectivity index (χ4v) is 2.20. The van der Waals surface area contributed by atoms with E-state index in [-0.39, 0.29) is 12.6 Å². The van der Waals surface area contributed by atoms with Crippen molar-refractivity contribution >= 4 is 6.03 Å². The summed E-state index contributed by atoms with van der Waals surface area (Å²) >= 11 is 0. The van der Waals surface area contributed by atoms with Crippen LogP contribution in [-0.2, 0) is 6.42 Å². The molecule has 0 aliphatic rings. The van der Waals surface area contributed by atoms with Crippen LogP contribution < -0.4 is 15.4 Å². The summed E-state index contributed by atoms with van der Waals surface area (Å²) in [6, 6.07) is 12.9. The van der Waals surface area contributed by atoms with E-state index in [4.69, 9.17) is 4.74 Å². The molecular formula is C18H21FN2O3. The van der Waals surface area contributed by atoms with Crippen LogP contribution in [0.5, 0.6) is 5.75 Å². The van der Waals surface area contributed by atoms with Gasteiger partial charge in [-0.15, -0.1) is 0 Å². The molecule has 0 fully saturated rings. The van der Waals surface area contributed by atoms with Gasteiger partial charge in [0.1, 0.15) is 11.6 Å². The van der Waals surface area contributed by atoms with Gasteiger partial charge in [0.25, 0.3) is 0 Å². The number of aliphatic hydroxyl groups excluding tert-OH is 1. The third kappa shape index (κ3) is 5.55. The molecule has 3 N–H and O–H groups in total. The number of ether oxygens (including phenoxy) is 1. The zero-order chi connectivity index (χ0) is 17.4. The summed E-state index contributed by atoms with van der Waals surface area (Å²) in [4.78, 5) is 11.7. The van der Waals surface area contributed by atoms with Crippen LogP contribution in [0, 0.1) is 5.82 Å². The summed E-state index contributed by atoms with van der Waals surface area (Å²) in [6.45, 7) is 0.478. The Bertz CT molecular complexity index is 662. The van der Waals surface area contributed by atoms with Crippen LogP contribution in [-0.4, -0.2) is 31.3 Å². The van der Waals surface area contributed by atoms with Crippen molar-refractivity contribution < 1.29 is 19.0 Å². The number of carbonyl (C=O) groups is 1. The summed E-state index contributed by atoms with van der Waals surface area (Å²) in [7, 11) is 1.61. The largest absolute Gasteiger partial charge is 0.497 e. The maximum atomic E-state index is 13.1. The molecule has 0 radical (unpaired) electrons. The Kier molecular flexibility index (Phi) is 6.57. The maximum Gasteiger partial charge on any atom is 0.314 e. The zero-order valence-electron chi connectivity index (χ0n) is 13.5. The molecule has 0 aromatic heterocycles. The fourth-order valence-electron chi connectivity index (χ4n) is 2.20. The first-order valence-electron chi connectivity index (χ1n) is 7.66. The molecule has 1 unspecified atom stereocenters. The van der Waals surface area contributed by atoms with Gasteiger partial charge >= 0.3 is 6.03 Å². The quantitative estimate of drug-likeness (QED) is 0.729. The van der Waals surface area contributed by atoms with E-state index < -0.39 is 11.9 Å². The second-order valence-electron chi connectivity index (χ2n) is 5.31. The molecule has 0 aliphatic heterocycles. The van der Waals surface area contributed by atoms with E-state index >= 15 is 0 Å². The summed E-state index contributed by atoms with van der Waals surface area (Å²) < 4.78 is 18.2. The number of aliphatic hydroxyl groups is 1. The van der Waals surface area contributed by atoms with Gasteiger partial charge in [0.15, 0.2) is 0 Å². The molecule has 2 aromatic rings. The highest BCUT2D eigenvalue weighted by molar-refractivity contribution is 5.73. The standard InChI is InChI=1S/C18H21FN2O3/c1-24-16-7-5-13(6-8-16)9-10-20-18(23)21-12-17(22)14-3-2-4-15(19)11-14/h2-8,11,17,22H,9-10,12H2,1H3,(H2,20,21,23). The normalized spacial score (nSPS) is 11.6. The predicted molar refractivity (Wildman–Crippen MR) is 89.5 cm³/mol. The molecule has 1 atom stereocenters. The van der Waals surface area contributed by atoms with E-state index in [0.717, 1.165) is 11.3 Å². The molecule has 0 saturated carbocycles. The lowest BCUT2D eigenvalue weighted by Crippen LogP contribution is -2.38. The van der Waals surface area contributed by atoms with Gasteiger partial charge in [0, 0.05) is 13.1 Å². The number of nitrogens with one attached hydrogen (secondary N) is 2. The SMILES string of the molecule is COc1ccc(CCNC(=O)NCC(O)c2cccc(F)c2)cc1. The lowest BCUT2D eigenvalue weighted by Gasteiger charge is -2.13.